The Morgan fingerprint density at radius 3 is 2.23 bits per heavy atom. The molecule has 4 heteroatoms. The van der Waals surface area contributed by atoms with Crippen LogP contribution in [0.3, 0.4) is 0 Å². The normalized spacial score (nSPS) is 15.0. The van der Waals surface area contributed by atoms with Crippen LogP contribution in [-0.4, -0.2) is 23.6 Å². The molecule has 0 bridgehead atoms. The Morgan fingerprint density at radius 1 is 0.935 bits per heavy atom. The molecule has 2 aromatic carbocycles. The Balaban J connectivity index is 1.77. The topological polar surface area (TPSA) is 58.5 Å². The number of nitrogens with zero attached hydrogens (tertiary/aromatic N) is 1. The van der Waals surface area contributed by atoms with Gasteiger partial charge in [-0.2, -0.15) is 0 Å². The minimum absolute atomic E-state index is 0.178. The van der Waals surface area contributed by atoms with Crippen molar-refractivity contribution in [3.63, 3.8) is 0 Å². The minimum atomic E-state index is -0.358. The SMILES string of the molecule is CCCCc1ccc(C(=O)N=C(Cc2ccc(C)cc2)C(=O)NC2CCCCC2)cc1. The number of carbonyl (C=O) groups is 2. The van der Waals surface area contributed by atoms with Crippen LogP contribution in [0.2, 0.25) is 0 Å². The Hall–Kier alpha value is -2.75. The van der Waals surface area contributed by atoms with Crippen molar-refractivity contribution in [2.75, 3.05) is 0 Å². The van der Waals surface area contributed by atoms with Crippen molar-refractivity contribution in [3.8, 4) is 0 Å². The van der Waals surface area contributed by atoms with Gasteiger partial charge in [0.05, 0.1) is 0 Å². The Labute approximate surface area is 186 Å². The summed E-state index contributed by atoms with van der Waals surface area (Å²) in [6, 6.07) is 15.8. The van der Waals surface area contributed by atoms with Crippen LogP contribution in [-0.2, 0) is 17.6 Å². The average molecular weight is 419 g/mol. The standard InChI is InChI=1S/C27H34N2O2/c1-3-4-8-21-15-17-23(18-16-21)26(30)29-25(19-22-13-11-20(2)12-14-22)27(31)28-24-9-6-5-7-10-24/h11-18,24H,3-10,19H2,1-2H3,(H,28,31). The number of amides is 2. The highest BCUT2D eigenvalue weighted by molar-refractivity contribution is 6.41. The second-order valence-electron chi connectivity index (χ2n) is 8.63. The zero-order chi connectivity index (χ0) is 22.1. The Bertz CT molecular complexity index is 892. The van der Waals surface area contributed by atoms with E-state index >= 15 is 0 Å². The van der Waals surface area contributed by atoms with Crippen LogP contribution in [0.25, 0.3) is 0 Å². The van der Waals surface area contributed by atoms with Crippen LogP contribution in [0.15, 0.2) is 53.5 Å². The molecule has 31 heavy (non-hydrogen) atoms. The van der Waals surface area contributed by atoms with E-state index in [0.717, 1.165) is 56.1 Å². The van der Waals surface area contributed by atoms with Crippen LogP contribution < -0.4 is 5.32 Å². The van der Waals surface area contributed by atoms with E-state index in [4.69, 9.17) is 0 Å². The number of aryl methyl sites for hydroxylation is 2. The molecule has 0 radical (unpaired) electrons. The molecule has 0 heterocycles. The van der Waals surface area contributed by atoms with Crippen LogP contribution in [0.5, 0.6) is 0 Å². The van der Waals surface area contributed by atoms with Gasteiger partial charge >= 0.3 is 0 Å². The predicted molar refractivity (Wildman–Crippen MR) is 127 cm³/mol. The number of benzene rings is 2. The van der Waals surface area contributed by atoms with Gasteiger partial charge in [0.2, 0.25) is 0 Å². The number of hydrogen-bond acceptors (Lipinski definition) is 2. The zero-order valence-corrected chi connectivity index (χ0v) is 18.8. The first-order chi connectivity index (χ1) is 15.0. The van der Waals surface area contributed by atoms with E-state index in [2.05, 4.69) is 17.2 Å². The molecule has 1 fully saturated rings. The van der Waals surface area contributed by atoms with Crippen molar-refractivity contribution in [1.29, 1.82) is 0 Å². The van der Waals surface area contributed by atoms with Gasteiger partial charge in [0.25, 0.3) is 11.8 Å². The van der Waals surface area contributed by atoms with Gasteiger partial charge in [-0.15, -0.1) is 0 Å². The fraction of sp³-hybridized carbons (Fsp3) is 0.444. The lowest BCUT2D eigenvalue weighted by Gasteiger charge is -2.23. The monoisotopic (exact) mass is 418 g/mol. The summed E-state index contributed by atoms with van der Waals surface area (Å²) in [5.41, 5.74) is 4.16. The summed E-state index contributed by atoms with van der Waals surface area (Å²) >= 11 is 0. The van der Waals surface area contributed by atoms with Gasteiger partial charge in [0, 0.05) is 18.0 Å². The number of carbonyl (C=O) groups excluding carboxylic acids is 2. The maximum atomic E-state index is 13.0. The summed E-state index contributed by atoms with van der Waals surface area (Å²) in [7, 11) is 0. The summed E-state index contributed by atoms with van der Waals surface area (Å²) in [4.78, 5) is 30.2. The van der Waals surface area contributed by atoms with E-state index in [1.807, 2.05) is 55.5 Å². The van der Waals surface area contributed by atoms with Crippen LogP contribution in [0, 0.1) is 6.92 Å². The highest BCUT2D eigenvalue weighted by Gasteiger charge is 2.20. The number of unbranched alkanes of at least 4 members (excludes halogenated alkanes) is 1. The van der Waals surface area contributed by atoms with Gasteiger partial charge in [-0.25, -0.2) is 4.99 Å². The molecule has 0 aliphatic heterocycles. The Morgan fingerprint density at radius 2 is 1.58 bits per heavy atom. The van der Waals surface area contributed by atoms with E-state index in [-0.39, 0.29) is 23.6 Å². The third kappa shape index (κ3) is 7.16. The molecular weight excluding hydrogens is 384 g/mol. The summed E-state index contributed by atoms with van der Waals surface area (Å²) < 4.78 is 0. The smallest absolute Gasteiger partial charge is 0.277 e. The Kier molecular flexibility index (Phi) is 8.57. The number of rotatable bonds is 8. The molecule has 0 atom stereocenters. The first kappa shape index (κ1) is 22.9. The molecule has 3 rings (SSSR count). The van der Waals surface area contributed by atoms with Gasteiger partial charge < -0.3 is 5.32 Å². The fourth-order valence-corrected chi connectivity index (χ4v) is 3.97. The quantitative estimate of drug-likeness (QED) is 0.566. The molecule has 1 aliphatic rings. The molecule has 4 nitrogen and oxygen atoms in total. The maximum absolute atomic E-state index is 13.0. The van der Waals surface area contributed by atoms with E-state index in [1.54, 1.807) is 0 Å². The van der Waals surface area contributed by atoms with Crippen molar-refractivity contribution >= 4 is 17.5 Å². The number of nitrogens with one attached hydrogen (secondary N) is 1. The van der Waals surface area contributed by atoms with Gasteiger partial charge in [-0.1, -0.05) is 74.6 Å². The summed E-state index contributed by atoms with van der Waals surface area (Å²) in [6.45, 7) is 4.20. The summed E-state index contributed by atoms with van der Waals surface area (Å²) in [5.74, 6) is -0.580. The fourth-order valence-electron chi connectivity index (χ4n) is 3.97. The molecular formula is C27H34N2O2. The maximum Gasteiger partial charge on any atom is 0.277 e. The zero-order valence-electron chi connectivity index (χ0n) is 18.8. The van der Waals surface area contributed by atoms with E-state index in [0.29, 0.717) is 12.0 Å². The first-order valence-electron chi connectivity index (χ1n) is 11.6. The number of aliphatic imine (C=N–C) groups is 1. The van der Waals surface area contributed by atoms with Crippen molar-refractivity contribution in [1.82, 2.24) is 5.32 Å². The lowest BCUT2D eigenvalue weighted by molar-refractivity contribution is -0.115. The van der Waals surface area contributed by atoms with Crippen molar-refractivity contribution < 1.29 is 9.59 Å². The van der Waals surface area contributed by atoms with Crippen LogP contribution in [0.1, 0.15) is 78.9 Å². The minimum Gasteiger partial charge on any atom is -0.348 e. The van der Waals surface area contributed by atoms with E-state index in [1.165, 1.54) is 12.0 Å². The van der Waals surface area contributed by atoms with Gasteiger partial charge in [-0.05, 0) is 55.9 Å². The van der Waals surface area contributed by atoms with Gasteiger partial charge in [0.15, 0.2) is 0 Å². The van der Waals surface area contributed by atoms with Crippen molar-refractivity contribution in [3.05, 3.63) is 70.8 Å². The number of hydrogen-bond donors (Lipinski definition) is 1. The van der Waals surface area contributed by atoms with Crippen molar-refractivity contribution in [2.45, 2.75) is 77.7 Å². The summed E-state index contributed by atoms with van der Waals surface area (Å²) in [5, 5.41) is 3.12. The largest absolute Gasteiger partial charge is 0.348 e. The molecule has 1 saturated carbocycles. The molecule has 164 valence electrons. The second-order valence-corrected chi connectivity index (χ2v) is 8.63. The van der Waals surface area contributed by atoms with Gasteiger partial charge in [-0.3, -0.25) is 9.59 Å². The molecule has 0 saturated heterocycles. The summed E-state index contributed by atoms with van der Waals surface area (Å²) in [6.07, 6.45) is 9.13. The predicted octanol–water partition coefficient (Wildman–Crippen LogP) is 5.61. The lowest BCUT2D eigenvalue weighted by atomic mass is 9.95. The molecule has 0 unspecified atom stereocenters. The van der Waals surface area contributed by atoms with E-state index in [9.17, 15) is 9.59 Å². The van der Waals surface area contributed by atoms with E-state index < -0.39 is 0 Å². The van der Waals surface area contributed by atoms with Crippen LogP contribution in [0.4, 0.5) is 0 Å². The highest BCUT2D eigenvalue weighted by atomic mass is 16.2. The highest BCUT2D eigenvalue weighted by Crippen LogP contribution is 2.18. The third-order valence-corrected chi connectivity index (χ3v) is 5.95. The molecule has 2 amide bonds. The molecule has 0 aromatic heterocycles. The molecule has 0 spiro atoms. The molecule has 1 aliphatic carbocycles. The first-order valence-corrected chi connectivity index (χ1v) is 11.6. The lowest BCUT2D eigenvalue weighted by Crippen LogP contribution is -2.41. The van der Waals surface area contributed by atoms with Gasteiger partial charge in [0.1, 0.15) is 5.71 Å². The third-order valence-electron chi connectivity index (χ3n) is 5.95. The second kappa shape index (κ2) is 11.6. The van der Waals surface area contributed by atoms with Crippen molar-refractivity contribution in [2.24, 2.45) is 4.99 Å². The molecule has 1 N–H and O–H groups in total. The molecule has 2 aromatic rings. The average Bonchev–Trinajstić information content (AvgIpc) is 2.79. The van der Waals surface area contributed by atoms with Crippen LogP contribution >= 0.6 is 0 Å².